The van der Waals surface area contributed by atoms with Crippen LogP contribution in [0.15, 0.2) is 66.9 Å². The summed E-state index contributed by atoms with van der Waals surface area (Å²) in [4.78, 5) is 16.5. The minimum Gasteiger partial charge on any atom is -0.497 e. The Bertz CT molecular complexity index is 890. The third-order valence-electron chi connectivity index (χ3n) is 4.19. The first-order chi connectivity index (χ1) is 13.1. The smallest absolute Gasteiger partial charge is 0.270 e. The molecule has 138 valence electrons. The number of benzene rings is 2. The fourth-order valence-electron chi connectivity index (χ4n) is 2.68. The Morgan fingerprint density at radius 1 is 1.00 bits per heavy atom. The second-order valence-electron chi connectivity index (χ2n) is 6.31. The number of carbonyl (C=O) groups is 1. The maximum atomic E-state index is 12.3. The van der Waals surface area contributed by atoms with Crippen molar-refractivity contribution in [1.82, 2.24) is 10.3 Å². The molecule has 1 heterocycles. The lowest BCUT2D eigenvalue weighted by atomic mass is 10.1. The fraction of sp³-hybridized carbons (Fsp3) is 0.182. The molecule has 1 amide bonds. The van der Waals surface area contributed by atoms with Gasteiger partial charge in [0.05, 0.1) is 19.0 Å². The number of aromatic nitrogens is 1. The molecule has 0 aliphatic carbocycles. The van der Waals surface area contributed by atoms with E-state index >= 15 is 0 Å². The average molecular weight is 361 g/mol. The van der Waals surface area contributed by atoms with Crippen LogP contribution in [0.5, 0.6) is 5.75 Å². The number of aryl methyl sites for hydroxylation is 1. The van der Waals surface area contributed by atoms with E-state index in [2.05, 4.69) is 40.7 Å². The molecule has 27 heavy (non-hydrogen) atoms. The van der Waals surface area contributed by atoms with E-state index in [-0.39, 0.29) is 5.91 Å². The number of ether oxygens (including phenoxy) is 1. The molecule has 1 aromatic heterocycles. The van der Waals surface area contributed by atoms with Gasteiger partial charge in [0.15, 0.2) is 0 Å². The van der Waals surface area contributed by atoms with Crippen LogP contribution in [0.3, 0.4) is 0 Å². The lowest BCUT2D eigenvalue weighted by Crippen LogP contribution is -2.23. The van der Waals surface area contributed by atoms with Gasteiger partial charge in [0.25, 0.3) is 5.91 Å². The number of rotatable bonds is 7. The molecule has 2 N–H and O–H groups in total. The largest absolute Gasteiger partial charge is 0.497 e. The van der Waals surface area contributed by atoms with Gasteiger partial charge in [-0.2, -0.15) is 0 Å². The van der Waals surface area contributed by atoms with E-state index in [1.165, 1.54) is 11.1 Å². The second-order valence-corrected chi connectivity index (χ2v) is 6.31. The molecule has 3 aromatic rings. The van der Waals surface area contributed by atoms with Crippen LogP contribution in [0.4, 0.5) is 5.69 Å². The van der Waals surface area contributed by atoms with Crippen molar-refractivity contribution < 1.29 is 9.53 Å². The SMILES string of the molecule is COc1ccc(CNC(=O)c2ccc(NCc3cccc(C)c3)cn2)cc1. The molecule has 0 fully saturated rings. The van der Waals surface area contributed by atoms with Crippen molar-refractivity contribution in [3.8, 4) is 5.75 Å². The molecule has 0 aliphatic heterocycles. The molecule has 0 spiro atoms. The van der Waals surface area contributed by atoms with Gasteiger partial charge in [-0.3, -0.25) is 4.79 Å². The van der Waals surface area contributed by atoms with E-state index in [9.17, 15) is 4.79 Å². The van der Waals surface area contributed by atoms with Gasteiger partial charge in [-0.1, -0.05) is 42.0 Å². The zero-order chi connectivity index (χ0) is 19.1. The summed E-state index contributed by atoms with van der Waals surface area (Å²) in [6, 6.07) is 19.5. The van der Waals surface area contributed by atoms with E-state index in [4.69, 9.17) is 4.74 Å². The van der Waals surface area contributed by atoms with E-state index in [0.29, 0.717) is 18.8 Å². The van der Waals surface area contributed by atoms with Gasteiger partial charge in [0.1, 0.15) is 11.4 Å². The average Bonchev–Trinajstić information content (AvgIpc) is 2.71. The molecule has 0 radical (unpaired) electrons. The summed E-state index contributed by atoms with van der Waals surface area (Å²) in [5, 5.41) is 6.19. The Morgan fingerprint density at radius 2 is 1.81 bits per heavy atom. The van der Waals surface area contributed by atoms with Crippen LogP contribution in [-0.4, -0.2) is 18.0 Å². The number of nitrogens with one attached hydrogen (secondary N) is 2. The van der Waals surface area contributed by atoms with E-state index in [0.717, 1.165) is 17.0 Å². The summed E-state index contributed by atoms with van der Waals surface area (Å²) < 4.78 is 5.13. The molecule has 0 unspecified atom stereocenters. The third-order valence-corrected chi connectivity index (χ3v) is 4.19. The Hall–Kier alpha value is -3.34. The van der Waals surface area contributed by atoms with Gasteiger partial charge in [-0.05, 0) is 42.3 Å². The van der Waals surface area contributed by atoms with Crippen LogP contribution >= 0.6 is 0 Å². The number of nitrogens with zero attached hydrogens (tertiary/aromatic N) is 1. The minimum atomic E-state index is -0.198. The maximum absolute atomic E-state index is 12.3. The van der Waals surface area contributed by atoms with E-state index < -0.39 is 0 Å². The van der Waals surface area contributed by atoms with Crippen LogP contribution < -0.4 is 15.4 Å². The van der Waals surface area contributed by atoms with Crippen molar-refractivity contribution >= 4 is 11.6 Å². The number of carbonyl (C=O) groups excluding carboxylic acids is 1. The second kappa shape index (κ2) is 8.85. The number of hydrogen-bond acceptors (Lipinski definition) is 4. The number of methoxy groups -OCH3 is 1. The lowest BCUT2D eigenvalue weighted by molar-refractivity contribution is 0.0946. The number of pyridine rings is 1. The van der Waals surface area contributed by atoms with Crippen molar-refractivity contribution in [3.63, 3.8) is 0 Å². The zero-order valence-electron chi connectivity index (χ0n) is 15.5. The number of hydrogen-bond donors (Lipinski definition) is 2. The molecule has 5 heteroatoms. The summed E-state index contributed by atoms with van der Waals surface area (Å²) in [5.74, 6) is 0.594. The lowest BCUT2D eigenvalue weighted by Gasteiger charge is -2.09. The molecule has 2 aromatic carbocycles. The van der Waals surface area contributed by atoms with Crippen LogP contribution in [0, 0.1) is 6.92 Å². The molecular formula is C22H23N3O2. The van der Waals surface area contributed by atoms with Crippen molar-refractivity contribution in [2.75, 3.05) is 12.4 Å². The van der Waals surface area contributed by atoms with Crippen molar-refractivity contribution in [2.24, 2.45) is 0 Å². The minimum absolute atomic E-state index is 0.198. The Morgan fingerprint density at radius 3 is 2.48 bits per heavy atom. The Kier molecular flexibility index (Phi) is 6.05. The van der Waals surface area contributed by atoms with Crippen molar-refractivity contribution in [2.45, 2.75) is 20.0 Å². The first-order valence-corrected chi connectivity index (χ1v) is 8.80. The summed E-state index contributed by atoms with van der Waals surface area (Å²) in [6.07, 6.45) is 1.68. The first-order valence-electron chi connectivity index (χ1n) is 8.80. The van der Waals surface area contributed by atoms with E-state index in [1.54, 1.807) is 19.4 Å². The maximum Gasteiger partial charge on any atom is 0.270 e. The molecule has 0 saturated heterocycles. The van der Waals surface area contributed by atoms with Gasteiger partial charge in [0.2, 0.25) is 0 Å². The quantitative estimate of drug-likeness (QED) is 0.669. The van der Waals surface area contributed by atoms with Gasteiger partial charge in [-0.15, -0.1) is 0 Å². The molecule has 0 aliphatic rings. The number of amides is 1. The standard InChI is InChI=1S/C22H23N3O2/c1-16-4-3-5-18(12-16)14-23-19-8-11-21(24-15-19)22(26)25-13-17-6-9-20(27-2)10-7-17/h3-12,15,23H,13-14H2,1-2H3,(H,25,26). The van der Waals surface area contributed by atoms with Crippen LogP contribution in [0.2, 0.25) is 0 Å². The first kappa shape index (κ1) is 18.5. The third kappa shape index (κ3) is 5.31. The van der Waals surface area contributed by atoms with Gasteiger partial charge in [0, 0.05) is 13.1 Å². The molecule has 0 saturated carbocycles. The van der Waals surface area contributed by atoms with Gasteiger partial charge < -0.3 is 15.4 Å². The van der Waals surface area contributed by atoms with Gasteiger partial charge >= 0.3 is 0 Å². The summed E-state index contributed by atoms with van der Waals surface area (Å²) >= 11 is 0. The van der Waals surface area contributed by atoms with Crippen molar-refractivity contribution in [1.29, 1.82) is 0 Å². The highest BCUT2D eigenvalue weighted by Gasteiger charge is 2.07. The summed E-state index contributed by atoms with van der Waals surface area (Å²) in [7, 11) is 1.63. The highest BCUT2D eigenvalue weighted by atomic mass is 16.5. The highest BCUT2D eigenvalue weighted by Crippen LogP contribution is 2.12. The normalized spacial score (nSPS) is 10.3. The molecule has 3 rings (SSSR count). The highest BCUT2D eigenvalue weighted by molar-refractivity contribution is 5.92. The van der Waals surface area contributed by atoms with Crippen LogP contribution in [-0.2, 0) is 13.1 Å². The van der Waals surface area contributed by atoms with Crippen molar-refractivity contribution in [3.05, 3.63) is 89.2 Å². The molecule has 5 nitrogen and oxygen atoms in total. The summed E-state index contributed by atoms with van der Waals surface area (Å²) in [5.41, 5.74) is 4.71. The van der Waals surface area contributed by atoms with Gasteiger partial charge in [-0.25, -0.2) is 4.98 Å². The summed E-state index contributed by atoms with van der Waals surface area (Å²) in [6.45, 7) is 3.23. The predicted octanol–water partition coefficient (Wildman–Crippen LogP) is 3.94. The topological polar surface area (TPSA) is 63.2 Å². The van der Waals surface area contributed by atoms with Crippen LogP contribution in [0.1, 0.15) is 27.2 Å². The molecule has 0 bridgehead atoms. The Labute approximate surface area is 159 Å². The van der Waals surface area contributed by atoms with Crippen LogP contribution in [0.25, 0.3) is 0 Å². The Balaban J connectivity index is 1.52. The zero-order valence-corrected chi connectivity index (χ0v) is 15.5. The number of anilines is 1. The van der Waals surface area contributed by atoms with E-state index in [1.807, 2.05) is 36.4 Å². The fourth-order valence-corrected chi connectivity index (χ4v) is 2.68. The molecular weight excluding hydrogens is 338 g/mol. The molecule has 0 atom stereocenters. The predicted molar refractivity (Wildman–Crippen MR) is 107 cm³/mol. The monoisotopic (exact) mass is 361 g/mol.